The molecule has 0 bridgehead atoms. The molecule has 0 spiro atoms. The highest BCUT2D eigenvalue weighted by Gasteiger charge is 2.46. The molecule has 4 aromatic rings. The van der Waals surface area contributed by atoms with E-state index in [-0.39, 0.29) is 11.6 Å². The van der Waals surface area contributed by atoms with Crippen LogP contribution in [0, 0.1) is 0 Å². The molecule has 1 heterocycles. The van der Waals surface area contributed by atoms with Crippen LogP contribution in [0.2, 0.25) is 0 Å². The lowest BCUT2D eigenvalue weighted by molar-refractivity contribution is 0.306. The Hall–Kier alpha value is -3.59. The van der Waals surface area contributed by atoms with E-state index in [2.05, 4.69) is 105 Å². The molecule has 33 heavy (non-hydrogen) atoms. The van der Waals surface area contributed by atoms with Gasteiger partial charge in [-0.3, -0.25) is 4.99 Å². The van der Waals surface area contributed by atoms with Gasteiger partial charge in [-0.25, -0.2) is 0 Å². The first-order chi connectivity index (χ1) is 16.0. The van der Waals surface area contributed by atoms with E-state index in [1.54, 1.807) is 0 Å². The summed E-state index contributed by atoms with van der Waals surface area (Å²) in [6.07, 6.45) is 0.897. The molecule has 0 unspecified atom stereocenters. The molecule has 0 radical (unpaired) electrons. The Labute approximate surface area is 196 Å². The maximum Gasteiger partial charge on any atom is 0.129 e. The number of benzene rings is 4. The summed E-state index contributed by atoms with van der Waals surface area (Å²) in [7, 11) is 2.16. The van der Waals surface area contributed by atoms with Crippen LogP contribution in [0.4, 0.5) is 0 Å². The van der Waals surface area contributed by atoms with Crippen molar-refractivity contribution < 1.29 is 4.74 Å². The SMILES string of the molecule is C[C@H](c1cccc2ccccc12)N(C)C1=N[C@@]1(C)Cc1ccc(OCc2ccccc2)cc1. The van der Waals surface area contributed by atoms with Gasteiger partial charge in [0, 0.05) is 13.5 Å². The number of amidine groups is 1. The second-order valence-corrected chi connectivity index (χ2v) is 9.16. The van der Waals surface area contributed by atoms with E-state index >= 15 is 0 Å². The smallest absolute Gasteiger partial charge is 0.129 e. The quantitative estimate of drug-likeness (QED) is 0.319. The van der Waals surface area contributed by atoms with Crippen molar-refractivity contribution >= 4 is 16.6 Å². The fraction of sp³-hybridized carbons (Fsp3) is 0.233. The number of rotatable bonds is 7. The van der Waals surface area contributed by atoms with Gasteiger partial charge in [0.25, 0.3) is 0 Å². The topological polar surface area (TPSA) is 24.8 Å². The molecule has 3 heteroatoms. The molecule has 1 aliphatic rings. The van der Waals surface area contributed by atoms with Gasteiger partial charge in [0.05, 0.1) is 6.04 Å². The molecule has 2 atom stereocenters. The van der Waals surface area contributed by atoms with Crippen LogP contribution in [-0.2, 0) is 13.0 Å². The third kappa shape index (κ3) is 4.49. The lowest BCUT2D eigenvalue weighted by Crippen LogP contribution is -2.33. The predicted octanol–water partition coefficient (Wildman–Crippen LogP) is 6.83. The zero-order chi connectivity index (χ0) is 22.8. The summed E-state index contributed by atoms with van der Waals surface area (Å²) in [4.78, 5) is 7.25. The van der Waals surface area contributed by atoms with Crippen LogP contribution in [0.3, 0.4) is 0 Å². The fourth-order valence-corrected chi connectivity index (χ4v) is 4.63. The van der Waals surface area contributed by atoms with E-state index in [0.29, 0.717) is 6.61 Å². The number of nitrogens with zero attached hydrogens (tertiary/aromatic N) is 2. The van der Waals surface area contributed by atoms with Crippen LogP contribution in [0.5, 0.6) is 5.75 Å². The van der Waals surface area contributed by atoms with Crippen molar-refractivity contribution in [3.05, 3.63) is 114 Å². The summed E-state index contributed by atoms with van der Waals surface area (Å²) in [5, 5.41) is 2.60. The summed E-state index contributed by atoms with van der Waals surface area (Å²) in [6.45, 7) is 5.08. The molecule has 0 aliphatic carbocycles. The van der Waals surface area contributed by atoms with E-state index in [0.717, 1.165) is 12.2 Å². The predicted molar refractivity (Wildman–Crippen MR) is 137 cm³/mol. The van der Waals surface area contributed by atoms with Crippen molar-refractivity contribution in [2.75, 3.05) is 7.05 Å². The van der Waals surface area contributed by atoms with Crippen molar-refractivity contribution in [1.29, 1.82) is 0 Å². The first kappa shape index (κ1) is 21.3. The molecule has 0 amide bonds. The second-order valence-electron chi connectivity index (χ2n) is 9.16. The first-order valence-corrected chi connectivity index (χ1v) is 11.6. The number of ether oxygens (including phenoxy) is 1. The van der Waals surface area contributed by atoms with E-state index in [1.807, 2.05) is 18.2 Å². The standard InChI is InChI=1S/C30H30N2O/c1-22(27-15-9-13-25-12-7-8-14-28(25)27)32(3)29-30(2,31-29)20-23-16-18-26(19-17-23)33-21-24-10-5-4-6-11-24/h4-19,22H,20-21H2,1-3H3/t22-,30+/m1/s1. The molecule has 3 nitrogen and oxygen atoms in total. The summed E-state index contributed by atoms with van der Waals surface area (Å²) in [6, 6.07) is 34.1. The molecule has 166 valence electrons. The number of likely N-dealkylation sites (N-methyl/N-ethyl adjacent to an activating group) is 1. The van der Waals surface area contributed by atoms with Gasteiger partial charge in [-0.2, -0.15) is 0 Å². The molecular weight excluding hydrogens is 404 g/mol. The van der Waals surface area contributed by atoms with Gasteiger partial charge in [-0.05, 0) is 53.4 Å². The van der Waals surface area contributed by atoms with Gasteiger partial charge < -0.3 is 9.64 Å². The van der Waals surface area contributed by atoms with Gasteiger partial charge in [0.2, 0.25) is 0 Å². The van der Waals surface area contributed by atoms with Gasteiger partial charge in [-0.1, -0.05) is 84.9 Å². The zero-order valence-corrected chi connectivity index (χ0v) is 19.5. The normalized spacial score (nSPS) is 18.0. The number of aliphatic imine (C=N–C) groups is 1. The third-order valence-corrected chi connectivity index (χ3v) is 6.69. The molecule has 0 saturated carbocycles. The van der Waals surface area contributed by atoms with Gasteiger partial charge in [0.15, 0.2) is 0 Å². The van der Waals surface area contributed by atoms with Crippen LogP contribution in [-0.4, -0.2) is 23.3 Å². The summed E-state index contributed by atoms with van der Waals surface area (Å²) in [5.74, 6) is 2.07. The van der Waals surface area contributed by atoms with Crippen LogP contribution in [0.25, 0.3) is 10.8 Å². The summed E-state index contributed by atoms with van der Waals surface area (Å²) < 4.78 is 5.93. The van der Waals surface area contributed by atoms with Crippen molar-refractivity contribution in [3.63, 3.8) is 0 Å². The van der Waals surface area contributed by atoms with Crippen LogP contribution >= 0.6 is 0 Å². The summed E-state index contributed by atoms with van der Waals surface area (Å²) in [5.41, 5.74) is 3.65. The van der Waals surface area contributed by atoms with E-state index in [4.69, 9.17) is 9.73 Å². The number of hydrogen-bond acceptors (Lipinski definition) is 3. The van der Waals surface area contributed by atoms with Crippen LogP contribution < -0.4 is 4.74 Å². The average Bonchev–Trinajstić information content (AvgIpc) is 3.53. The molecule has 1 aliphatic heterocycles. The third-order valence-electron chi connectivity index (χ3n) is 6.69. The van der Waals surface area contributed by atoms with E-state index in [1.165, 1.54) is 33.3 Å². The molecule has 0 saturated heterocycles. The van der Waals surface area contributed by atoms with Gasteiger partial charge in [0.1, 0.15) is 23.7 Å². The Morgan fingerprint density at radius 1 is 0.818 bits per heavy atom. The maximum absolute atomic E-state index is 5.93. The van der Waals surface area contributed by atoms with E-state index < -0.39 is 0 Å². The Bertz CT molecular complexity index is 1270. The Morgan fingerprint density at radius 3 is 2.30 bits per heavy atom. The van der Waals surface area contributed by atoms with Crippen molar-refractivity contribution in [3.8, 4) is 5.75 Å². The minimum absolute atomic E-state index is 0.139. The lowest BCUT2D eigenvalue weighted by atomic mass is 9.95. The highest BCUT2D eigenvalue weighted by atomic mass is 16.5. The molecular formula is C30H30N2O. The van der Waals surface area contributed by atoms with Gasteiger partial charge >= 0.3 is 0 Å². The number of fused-ring (bicyclic) bond motifs is 1. The molecule has 0 aromatic heterocycles. The summed E-state index contributed by atoms with van der Waals surface area (Å²) >= 11 is 0. The van der Waals surface area contributed by atoms with Gasteiger partial charge in [-0.15, -0.1) is 0 Å². The molecule has 0 N–H and O–H groups in total. The Kier molecular flexibility index (Phi) is 5.63. The number of hydrogen-bond donors (Lipinski definition) is 0. The Balaban J connectivity index is 1.22. The molecule has 4 aromatic carbocycles. The minimum Gasteiger partial charge on any atom is -0.489 e. The lowest BCUT2D eigenvalue weighted by Gasteiger charge is -2.27. The van der Waals surface area contributed by atoms with Crippen molar-refractivity contribution in [1.82, 2.24) is 4.90 Å². The zero-order valence-electron chi connectivity index (χ0n) is 19.5. The second kappa shape index (κ2) is 8.74. The Morgan fingerprint density at radius 2 is 1.52 bits per heavy atom. The molecule has 5 rings (SSSR count). The first-order valence-electron chi connectivity index (χ1n) is 11.6. The average molecular weight is 435 g/mol. The van der Waals surface area contributed by atoms with E-state index in [9.17, 15) is 0 Å². The van der Waals surface area contributed by atoms with Crippen molar-refractivity contribution in [2.24, 2.45) is 4.99 Å². The molecule has 0 fully saturated rings. The van der Waals surface area contributed by atoms with Crippen LogP contribution in [0.1, 0.15) is 36.6 Å². The van der Waals surface area contributed by atoms with Crippen molar-refractivity contribution in [2.45, 2.75) is 38.5 Å². The highest BCUT2D eigenvalue weighted by molar-refractivity contribution is 6.03. The maximum atomic E-state index is 5.93. The highest BCUT2D eigenvalue weighted by Crippen LogP contribution is 2.38. The largest absolute Gasteiger partial charge is 0.489 e. The fourth-order valence-electron chi connectivity index (χ4n) is 4.63. The minimum atomic E-state index is -0.139. The monoisotopic (exact) mass is 434 g/mol. The van der Waals surface area contributed by atoms with Crippen LogP contribution in [0.15, 0.2) is 102 Å².